The van der Waals surface area contributed by atoms with E-state index in [1.807, 2.05) is 36.4 Å². The first-order chi connectivity index (χ1) is 8.79. The summed E-state index contributed by atoms with van der Waals surface area (Å²) in [5.74, 6) is 0. The van der Waals surface area contributed by atoms with Crippen LogP contribution >= 0.6 is 0 Å². The Bertz CT molecular complexity index is 570. The van der Waals surface area contributed by atoms with E-state index < -0.39 is 5.66 Å². The summed E-state index contributed by atoms with van der Waals surface area (Å²) in [6, 6.07) is 9.70. The molecule has 1 aromatic rings. The van der Waals surface area contributed by atoms with Gasteiger partial charge in [-0.25, -0.2) is 0 Å². The van der Waals surface area contributed by atoms with Gasteiger partial charge >= 0.3 is 0 Å². The van der Waals surface area contributed by atoms with Gasteiger partial charge in [0.15, 0.2) is 0 Å². The summed E-state index contributed by atoms with van der Waals surface area (Å²) in [4.78, 5) is 5.52. The molecule has 88 valence electrons. The first-order valence-electron chi connectivity index (χ1n) is 5.36. The number of rotatable bonds is 3. The Labute approximate surface area is 104 Å². The Balaban J connectivity index is 2.39. The van der Waals surface area contributed by atoms with E-state index in [1.54, 1.807) is 12.2 Å². The summed E-state index contributed by atoms with van der Waals surface area (Å²) < 4.78 is 0. The second-order valence-electron chi connectivity index (χ2n) is 3.85. The molecule has 1 aliphatic rings. The molecule has 0 aromatic heterocycles. The average Bonchev–Trinajstić information content (AvgIpc) is 2.40. The van der Waals surface area contributed by atoms with Gasteiger partial charge in [-0.2, -0.15) is 0 Å². The van der Waals surface area contributed by atoms with Gasteiger partial charge in [-0.1, -0.05) is 58.8 Å². The Morgan fingerprint density at radius 3 is 2.33 bits per heavy atom. The topological polar surface area (TPSA) is 97.5 Å². The van der Waals surface area contributed by atoms with E-state index in [2.05, 4.69) is 20.1 Å². The van der Waals surface area contributed by atoms with E-state index in [1.165, 1.54) is 0 Å². The highest BCUT2D eigenvalue weighted by Crippen LogP contribution is 2.34. The van der Waals surface area contributed by atoms with Crippen molar-refractivity contribution < 1.29 is 0 Å². The highest BCUT2D eigenvalue weighted by molar-refractivity contribution is 5.69. The molecule has 0 saturated heterocycles. The van der Waals surface area contributed by atoms with Crippen molar-refractivity contribution in [1.29, 1.82) is 0 Å². The molecule has 18 heavy (non-hydrogen) atoms. The standard InChI is InChI=1S/C12H10N6/c13-17-15-12(16-18-14)8-4-7-11(9-12)10-5-2-1-3-6-10/h1-8H,9H2. The predicted octanol–water partition coefficient (Wildman–Crippen LogP) is 4.35. The monoisotopic (exact) mass is 238 g/mol. The minimum atomic E-state index is -1.18. The molecule has 0 saturated carbocycles. The lowest BCUT2D eigenvalue weighted by molar-refractivity contribution is 0.558. The lowest BCUT2D eigenvalue weighted by atomic mass is 9.91. The summed E-state index contributed by atoms with van der Waals surface area (Å²) in [6.45, 7) is 0. The minimum Gasteiger partial charge on any atom is -0.0768 e. The van der Waals surface area contributed by atoms with Gasteiger partial charge in [0.25, 0.3) is 0 Å². The Hall–Kier alpha value is -2.68. The zero-order valence-corrected chi connectivity index (χ0v) is 9.51. The first-order valence-corrected chi connectivity index (χ1v) is 5.36. The highest BCUT2D eigenvalue weighted by atomic mass is 15.3. The zero-order chi connectivity index (χ0) is 12.8. The Morgan fingerprint density at radius 2 is 1.72 bits per heavy atom. The molecule has 0 fully saturated rings. The summed E-state index contributed by atoms with van der Waals surface area (Å²) in [7, 11) is 0. The van der Waals surface area contributed by atoms with Crippen molar-refractivity contribution in [1.82, 2.24) is 0 Å². The van der Waals surface area contributed by atoms with Crippen LogP contribution < -0.4 is 0 Å². The Kier molecular flexibility index (Phi) is 3.34. The smallest absolute Gasteiger partial charge is 0.0768 e. The van der Waals surface area contributed by atoms with Crippen LogP contribution in [0.25, 0.3) is 26.5 Å². The molecule has 2 rings (SSSR count). The fourth-order valence-electron chi connectivity index (χ4n) is 1.88. The van der Waals surface area contributed by atoms with Crippen LogP contribution in [0.4, 0.5) is 0 Å². The number of hydrogen-bond acceptors (Lipinski definition) is 2. The van der Waals surface area contributed by atoms with Crippen LogP contribution in [0.1, 0.15) is 12.0 Å². The zero-order valence-electron chi connectivity index (χ0n) is 9.51. The van der Waals surface area contributed by atoms with Gasteiger partial charge in [0.2, 0.25) is 0 Å². The Morgan fingerprint density at radius 1 is 1.06 bits per heavy atom. The predicted molar refractivity (Wildman–Crippen MR) is 69.2 cm³/mol. The van der Waals surface area contributed by atoms with Crippen molar-refractivity contribution in [3.05, 3.63) is 75.0 Å². The molecule has 1 aromatic carbocycles. The van der Waals surface area contributed by atoms with Crippen LogP contribution in [-0.4, -0.2) is 5.66 Å². The lowest BCUT2D eigenvalue weighted by Crippen LogP contribution is -2.21. The van der Waals surface area contributed by atoms with E-state index >= 15 is 0 Å². The quantitative estimate of drug-likeness (QED) is 0.425. The van der Waals surface area contributed by atoms with Gasteiger partial charge in [-0.3, -0.25) is 0 Å². The van der Waals surface area contributed by atoms with Crippen LogP contribution in [-0.2, 0) is 0 Å². The van der Waals surface area contributed by atoms with Crippen molar-refractivity contribution in [2.24, 2.45) is 10.2 Å². The van der Waals surface area contributed by atoms with Crippen molar-refractivity contribution in [3.8, 4) is 0 Å². The third-order valence-corrected chi connectivity index (χ3v) is 2.69. The van der Waals surface area contributed by atoms with Crippen molar-refractivity contribution in [2.75, 3.05) is 0 Å². The third-order valence-electron chi connectivity index (χ3n) is 2.69. The van der Waals surface area contributed by atoms with Gasteiger partial charge in [0.1, 0.15) is 5.66 Å². The molecule has 0 heterocycles. The number of azide groups is 1. The SMILES string of the molecule is [N-]=[N+]=NC1(N=[N+]=[N-])C=CC=C(c2ccccc2)C1. The van der Waals surface area contributed by atoms with Gasteiger partial charge in [-0.05, 0) is 28.6 Å². The molecule has 0 spiro atoms. The number of allylic oxidation sites excluding steroid dienone is 2. The van der Waals surface area contributed by atoms with E-state index in [4.69, 9.17) is 11.1 Å². The van der Waals surface area contributed by atoms with Gasteiger partial charge in [-0.15, -0.1) is 0 Å². The molecule has 0 aliphatic heterocycles. The van der Waals surface area contributed by atoms with Crippen LogP contribution in [0.3, 0.4) is 0 Å². The maximum Gasteiger partial charge on any atom is 0.149 e. The molecule has 0 atom stereocenters. The molecule has 0 unspecified atom stereocenters. The maximum atomic E-state index is 8.59. The van der Waals surface area contributed by atoms with Crippen molar-refractivity contribution in [3.63, 3.8) is 0 Å². The third kappa shape index (κ3) is 2.35. The van der Waals surface area contributed by atoms with E-state index in [9.17, 15) is 0 Å². The maximum absolute atomic E-state index is 8.59. The molecule has 6 heteroatoms. The number of hydrogen-bond donors (Lipinski definition) is 0. The van der Waals surface area contributed by atoms with E-state index in [-0.39, 0.29) is 0 Å². The molecule has 0 radical (unpaired) electrons. The van der Waals surface area contributed by atoms with E-state index in [0.29, 0.717) is 6.42 Å². The van der Waals surface area contributed by atoms with Crippen LogP contribution in [0, 0.1) is 0 Å². The molecule has 0 bridgehead atoms. The average molecular weight is 238 g/mol. The van der Waals surface area contributed by atoms with Crippen LogP contribution in [0.15, 0.2) is 58.8 Å². The normalized spacial score (nSPS) is 21.4. The van der Waals surface area contributed by atoms with E-state index in [0.717, 1.165) is 11.1 Å². The summed E-state index contributed by atoms with van der Waals surface area (Å²) in [6.07, 6.45) is 5.64. The molecule has 6 nitrogen and oxygen atoms in total. The van der Waals surface area contributed by atoms with Gasteiger partial charge in [0, 0.05) is 9.82 Å². The highest BCUT2D eigenvalue weighted by Gasteiger charge is 2.28. The fraction of sp³-hybridized carbons (Fsp3) is 0.167. The van der Waals surface area contributed by atoms with Gasteiger partial charge < -0.3 is 0 Å². The summed E-state index contributed by atoms with van der Waals surface area (Å²) in [5.41, 5.74) is 18.0. The molecule has 1 aliphatic carbocycles. The number of benzene rings is 1. The molecular weight excluding hydrogens is 228 g/mol. The molecule has 0 amide bonds. The van der Waals surface area contributed by atoms with Crippen LogP contribution in [0.5, 0.6) is 0 Å². The number of nitrogens with zero attached hydrogens (tertiary/aromatic N) is 6. The first kappa shape index (κ1) is 11.8. The second-order valence-corrected chi connectivity index (χ2v) is 3.85. The van der Waals surface area contributed by atoms with Crippen LogP contribution in [0.2, 0.25) is 0 Å². The second kappa shape index (κ2) is 5.10. The molecule has 0 N–H and O–H groups in total. The summed E-state index contributed by atoms with van der Waals surface area (Å²) >= 11 is 0. The van der Waals surface area contributed by atoms with Crippen molar-refractivity contribution >= 4 is 5.57 Å². The minimum absolute atomic E-state index is 0.363. The largest absolute Gasteiger partial charge is 0.149 e. The van der Waals surface area contributed by atoms with Crippen molar-refractivity contribution in [2.45, 2.75) is 12.1 Å². The fourth-order valence-corrected chi connectivity index (χ4v) is 1.88. The van der Waals surface area contributed by atoms with Gasteiger partial charge in [0.05, 0.1) is 0 Å². The summed E-state index contributed by atoms with van der Waals surface area (Å²) in [5, 5.41) is 7.23. The molecular formula is C12H10N6. The lowest BCUT2D eigenvalue weighted by Gasteiger charge is -2.23.